The lowest BCUT2D eigenvalue weighted by Gasteiger charge is -2.27. The summed E-state index contributed by atoms with van der Waals surface area (Å²) in [5.41, 5.74) is 6.63. The molecule has 0 bridgehead atoms. The van der Waals surface area contributed by atoms with Gasteiger partial charge < -0.3 is 15.5 Å². The van der Waals surface area contributed by atoms with E-state index >= 15 is 0 Å². The van der Waals surface area contributed by atoms with Crippen LogP contribution >= 0.6 is 0 Å². The maximum atomic E-state index is 13.6. The van der Waals surface area contributed by atoms with Gasteiger partial charge in [-0.15, -0.1) is 0 Å². The number of guanidine groups is 1. The van der Waals surface area contributed by atoms with Gasteiger partial charge in [-0.2, -0.15) is 0 Å². The number of nitrogens with two attached hydrogens (primary N) is 1. The molecule has 0 atom stereocenters. The topological polar surface area (TPSA) is 44.9 Å². The van der Waals surface area contributed by atoms with Crippen LogP contribution in [0.2, 0.25) is 0 Å². The Morgan fingerprint density at radius 2 is 2.00 bits per heavy atom. The highest BCUT2D eigenvalue weighted by Crippen LogP contribution is 2.17. The highest BCUT2D eigenvalue weighted by atomic mass is 19.1. The van der Waals surface area contributed by atoms with Crippen LogP contribution in [-0.2, 0) is 0 Å². The molecule has 0 amide bonds. The van der Waals surface area contributed by atoms with Crippen molar-refractivity contribution in [2.45, 2.75) is 25.7 Å². The average molecular weight is 292 g/mol. The standard InChI is InChI=1S/C16H25FN4/c1-20(15-9-4-3-8-14(15)17)11-7-10-19-16(18)21-12-5-2-6-13-21/h3-4,8-9H,2,5-7,10-13H2,1H3,(H2,18,19). The van der Waals surface area contributed by atoms with Crippen molar-refractivity contribution in [3.05, 3.63) is 30.1 Å². The van der Waals surface area contributed by atoms with Crippen molar-refractivity contribution in [2.24, 2.45) is 10.7 Å². The van der Waals surface area contributed by atoms with E-state index < -0.39 is 0 Å². The number of rotatable bonds is 5. The second kappa shape index (κ2) is 7.86. The minimum absolute atomic E-state index is 0.184. The summed E-state index contributed by atoms with van der Waals surface area (Å²) < 4.78 is 13.6. The molecule has 1 aromatic rings. The first-order valence-corrected chi connectivity index (χ1v) is 7.69. The zero-order valence-corrected chi connectivity index (χ0v) is 12.8. The molecule has 4 nitrogen and oxygen atoms in total. The molecule has 0 spiro atoms. The first kappa shape index (κ1) is 15.6. The molecule has 2 rings (SSSR count). The molecule has 1 heterocycles. The van der Waals surface area contributed by atoms with E-state index in [9.17, 15) is 4.39 Å². The van der Waals surface area contributed by atoms with E-state index in [0.717, 1.165) is 26.1 Å². The Morgan fingerprint density at radius 3 is 2.71 bits per heavy atom. The number of anilines is 1. The summed E-state index contributed by atoms with van der Waals surface area (Å²) in [6, 6.07) is 6.83. The van der Waals surface area contributed by atoms with Gasteiger partial charge in [-0.1, -0.05) is 12.1 Å². The summed E-state index contributed by atoms with van der Waals surface area (Å²) in [7, 11) is 1.90. The fraction of sp³-hybridized carbons (Fsp3) is 0.562. The zero-order valence-electron chi connectivity index (χ0n) is 12.8. The van der Waals surface area contributed by atoms with Crippen molar-refractivity contribution in [2.75, 3.05) is 38.1 Å². The normalized spacial score (nSPS) is 16.1. The van der Waals surface area contributed by atoms with Gasteiger partial charge in [-0.05, 0) is 37.8 Å². The van der Waals surface area contributed by atoms with E-state index in [1.54, 1.807) is 12.1 Å². The number of nitrogens with zero attached hydrogens (tertiary/aromatic N) is 3. The smallest absolute Gasteiger partial charge is 0.191 e. The lowest BCUT2D eigenvalue weighted by molar-refractivity contribution is 0.338. The third-order valence-electron chi connectivity index (χ3n) is 3.87. The summed E-state index contributed by atoms with van der Waals surface area (Å²) in [6.45, 7) is 3.48. The Hall–Kier alpha value is -1.78. The summed E-state index contributed by atoms with van der Waals surface area (Å²) in [4.78, 5) is 8.51. The monoisotopic (exact) mass is 292 g/mol. The molecule has 0 aromatic heterocycles. The summed E-state index contributed by atoms with van der Waals surface area (Å²) in [5.74, 6) is 0.472. The summed E-state index contributed by atoms with van der Waals surface area (Å²) in [6.07, 6.45) is 4.55. The van der Waals surface area contributed by atoms with Crippen molar-refractivity contribution in [3.63, 3.8) is 0 Å². The van der Waals surface area contributed by atoms with Crippen LogP contribution in [0.3, 0.4) is 0 Å². The van der Waals surface area contributed by atoms with Gasteiger partial charge in [0.05, 0.1) is 5.69 Å². The van der Waals surface area contributed by atoms with Gasteiger partial charge in [-0.25, -0.2) is 4.39 Å². The van der Waals surface area contributed by atoms with Crippen LogP contribution in [0.4, 0.5) is 10.1 Å². The Bertz CT molecular complexity index is 469. The van der Waals surface area contributed by atoms with E-state index in [-0.39, 0.29) is 5.82 Å². The first-order chi connectivity index (χ1) is 10.2. The van der Waals surface area contributed by atoms with E-state index in [2.05, 4.69) is 9.89 Å². The number of aliphatic imine (C=N–C) groups is 1. The first-order valence-electron chi connectivity index (χ1n) is 7.69. The molecule has 1 saturated heterocycles. The van der Waals surface area contributed by atoms with Crippen molar-refractivity contribution in [3.8, 4) is 0 Å². The van der Waals surface area contributed by atoms with Gasteiger partial charge in [0.25, 0.3) is 0 Å². The van der Waals surface area contributed by atoms with Crippen LogP contribution in [0.25, 0.3) is 0 Å². The molecule has 116 valence electrons. The van der Waals surface area contributed by atoms with Gasteiger partial charge in [0.15, 0.2) is 5.96 Å². The number of para-hydroxylation sites is 1. The number of hydrogen-bond donors (Lipinski definition) is 1. The molecule has 1 fully saturated rings. The Balaban J connectivity index is 1.75. The van der Waals surface area contributed by atoms with Crippen LogP contribution in [-0.4, -0.2) is 44.1 Å². The molecule has 21 heavy (non-hydrogen) atoms. The quantitative estimate of drug-likeness (QED) is 0.515. The third kappa shape index (κ3) is 4.62. The fourth-order valence-corrected chi connectivity index (χ4v) is 2.61. The van der Waals surface area contributed by atoms with Crippen LogP contribution in [0.15, 0.2) is 29.3 Å². The van der Waals surface area contributed by atoms with Crippen molar-refractivity contribution >= 4 is 11.6 Å². The molecule has 2 N–H and O–H groups in total. The van der Waals surface area contributed by atoms with Crippen LogP contribution in [0, 0.1) is 5.82 Å². The SMILES string of the molecule is CN(CCCN=C(N)N1CCCCC1)c1ccccc1F. The van der Waals surface area contributed by atoms with E-state index in [1.165, 1.54) is 25.3 Å². The predicted octanol–water partition coefficient (Wildman–Crippen LogP) is 2.45. The molecule has 0 saturated carbocycles. The summed E-state index contributed by atoms with van der Waals surface area (Å²) in [5, 5.41) is 0. The molecule has 0 aliphatic carbocycles. The third-order valence-corrected chi connectivity index (χ3v) is 3.87. The largest absolute Gasteiger partial charge is 0.372 e. The molecular formula is C16H25FN4. The van der Waals surface area contributed by atoms with Gasteiger partial charge in [0.1, 0.15) is 5.82 Å². The number of likely N-dealkylation sites (tertiary alicyclic amines) is 1. The molecule has 5 heteroatoms. The minimum atomic E-state index is -0.184. The van der Waals surface area contributed by atoms with Crippen LogP contribution < -0.4 is 10.6 Å². The number of halogens is 1. The maximum absolute atomic E-state index is 13.6. The molecular weight excluding hydrogens is 267 g/mol. The summed E-state index contributed by atoms with van der Waals surface area (Å²) >= 11 is 0. The molecule has 0 unspecified atom stereocenters. The van der Waals surface area contributed by atoms with E-state index in [1.807, 2.05) is 18.0 Å². The highest BCUT2D eigenvalue weighted by Gasteiger charge is 2.11. The number of hydrogen-bond acceptors (Lipinski definition) is 2. The number of benzene rings is 1. The molecule has 0 radical (unpaired) electrons. The Morgan fingerprint density at radius 1 is 1.29 bits per heavy atom. The van der Waals surface area contributed by atoms with Gasteiger partial charge >= 0.3 is 0 Å². The average Bonchev–Trinajstić information content (AvgIpc) is 2.52. The van der Waals surface area contributed by atoms with Gasteiger partial charge in [-0.3, -0.25) is 4.99 Å². The molecule has 1 aliphatic heterocycles. The maximum Gasteiger partial charge on any atom is 0.191 e. The highest BCUT2D eigenvalue weighted by molar-refractivity contribution is 5.78. The lowest BCUT2D eigenvalue weighted by atomic mass is 10.1. The predicted molar refractivity (Wildman–Crippen MR) is 86.2 cm³/mol. The van der Waals surface area contributed by atoms with Crippen molar-refractivity contribution in [1.29, 1.82) is 0 Å². The number of piperidine rings is 1. The Labute approximate surface area is 126 Å². The van der Waals surface area contributed by atoms with Crippen LogP contribution in [0.5, 0.6) is 0 Å². The second-order valence-corrected chi connectivity index (χ2v) is 5.51. The van der Waals surface area contributed by atoms with Gasteiger partial charge in [0.2, 0.25) is 0 Å². The van der Waals surface area contributed by atoms with E-state index in [0.29, 0.717) is 18.2 Å². The fourth-order valence-electron chi connectivity index (χ4n) is 2.61. The van der Waals surface area contributed by atoms with Crippen molar-refractivity contribution in [1.82, 2.24) is 4.90 Å². The molecule has 1 aliphatic rings. The Kier molecular flexibility index (Phi) is 5.84. The van der Waals surface area contributed by atoms with Crippen LogP contribution in [0.1, 0.15) is 25.7 Å². The van der Waals surface area contributed by atoms with Gasteiger partial charge in [0, 0.05) is 33.2 Å². The molecule has 1 aromatic carbocycles. The lowest BCUT2D eigenvalue weighted by Crippen LogP contribution is -2.41. The zero-order chi connectivity index (χ0) is 15.1. The van der Waals surface area contributed by atoms with Crippen molar-refractivity contribution < 1.29 is 4.39 Å². The minimum Gasteiger partial charge on any atom is -0.372 e. The second-order valence-electron chi connectivity index (χ2n) is 5.51. The van der Waals surface area contributed by atoms with E-state index in [4.69, 9.17) is 5.73 Å².